The summed E-state index contributed by atoms with van der Waals surface area (Å²) in [6.07, 6.45) is 1.42. The third-order valence-electron chi connectivity index (χ3n) is 3.68. The van der Waals surface area contributed by atoms with Crippen molar-refractivity contribution < 1.29 is 22.7 Å². The Morgan fingerprint density at radius 1 is 1.39 bits per heavy atom. The summed E-state index contributed by atoms with van der Waals surface area (Å²) in [5, 5.41) is 0. The number of ether oxygens (including phenoxy) is 2. The summed E-state index contributed by atoms with van der Waals surface area (Å²) in [4.78, 5) is 11.9. The van der Waals surface area contributed by atoms with Crippen LogP contribution in [-0.2, 0) is 30.7 Å². The number of nitrogens with one attached hydrogen (secondary N) is 1. The van der Waals surface area contributed by atoms with Crippen molar-refractivity contribution in [2.24, 2.45) is 0 Å². The van der Waals surface area contributed by atoms with E-state index in [-0.39, 0.29) is 11.9 Å². The fraction of sp³-hybridized carbons (Fsp3) is 0.562. The molecule has 0 saturated carbocycles. The predicted octanol–water partition coefficient (Wildman–Crippen LogP) is 1.26. The molecule has 1 aliphatic heterocycles. The maximum atomic E-state index is 12.0. The lowest BCUT2D eigenvalue weighted by atomic mass is 10.2. The van der Waals surface area contributed by atoms with E-state index in [1.807, 2.05) is 30.3 Å². The van der Waals surface area contributed by atoms with E-state index in [1.165, 1.54) is 6.92 Å². The Bertz CT molecular complexity index is 596. The van der Waals surface area contributed by atoms with Gasteiger partial charge in [-0.2, -0.15) is 0 Å². The number of amides is 1. The van der Waals surface area contributed by atoms with Gasteiger partial charge in [-0.1, -0.05) is 30.3 Å². The molecule has 128 valence electrons. The highest BCUT2D eigenvalue weighted by molar-refractivity contribution is 7.90. The second-order valence-electron chi connectivity index (χ2n) is 5.63. The van der Waals surface area contributed by atoms with Crippen LogP contribution in [0.25, 0.3) is 0 Å². The Balaban J connectivity index is 1.75. The van der Waals surface area contributed by atoms with Gasteiger partial charge >= 0.3 is 0 Å². The quantitative estimate of drug-likeness (QED) is 0.770. The van der Waals surface area contributed by atoms with Crippen LogP contribution < -0.4 is 4.72 Å². The van der Waals surface area contributed by atoms with E-state index in [4.69, 9.17) is 9.47 Å². The van der Waals surface area contributed by atoms with Crippen molar-refractivity contribution in [3.8, 4) is 0 Å². The van der Waals surface area contributed by atoms with Crippen LogP contribution in [0, 0.1) is 0 Å². The molecule has 1 aromatic carbocycles. The van der Waals surface area contributed by atoms with Crippen LogP contribution >= 0.6 is 0 Å². The number of sulfonamides is 1. The number of aryl methyl sites for hydroxylation is 1. The molecule has 1 aromatic rings. The predicted molar refractivity (Wildman–Crippen MR) is 86.5 cm³/mol. The lowest BCUT2D eigenvalue weighted by Gasteiger charge is -2.16. The smallest absolute Gasteiger partial charge is 0.262 e. The number of carbonyl (C=O) groups is 1. The van der Waals surface area contributed by atoms with Crippen molar-refractivity contribution in [1.29, 1.82) is 0 Å². The minimum absolute atomic E-state index is 0.0000576. The fourth-order valence-electron chi connectivity index (χ4n) is 2.29. The molecule has 0 bridgehead atoms. The first-order valence-electron chi connectivity index (χ1n) is 7.78. The number of benzene rings is 1. The summed E-state index contributed by atoms with van der Waals surface area (Å²) in [5.74, 6) is -0.780. The van der Waals surface area contributed by atoms with E-state index in [9.17, 15) is 13.2 Å². The maximum absolute atomic E-state index is 12.0. The largest absolute Gasteiger partial charge is 0.376 e. The average Bonchev–Trinajstić information content (AvgIpc) is 3.05. The molecule has 0 aliphatic carbocycles. The zero-order chi connectivity index (χ0) is 16.7. The molecule has 7 heteroatoms. The van der Waals surface area contributed by atoms with Gasteiger partial charge in [0.25, 0.3) is 5.91 Å². The van der Waals surface area contributed by atoms with Gasteiger partial charge < -0.3 is 9.47 Å². The van der Waals surface area contributed by atoms with Crippen molar-refractivity contribution in [3.63, 3.8) is 0 Å². The van der Waals surface area contributed by atoms with Crippen molar-refractivity contribution in [1.82, 2.24) is 4.72 Å². The first-order valence-corrected chi connectivity index (χ1v) is 9.43. The minimum atomic E-state index is -3.67. The summed E-state index contributed by atoms with van der Waals surface area (Å²) in [7, 11) is -3.67. The molecule has 0 spiro atoms. The summed E-state index contributed by atoms with van der Waals surface area (Å²) in [5.41, 5.74) is 0.910. The van der Waals surface area contributed by atoms with Crippen LogP contribution in [-0.4, -0.2) is 45.5 Å². The van der Waals surface area contributed by atoms with E-state index in [0.29, 0.717) is 19.6 Å². The Hall–Kier alpha value is -1.44. The van der Waals surface area contributed by atoms with Crippen LogP contribution in [0.2, 0.25) is 0 Å². The van der Waals surface area contributed by atoms with Crippen molar-refractivity contribution in [2.45, 2.75) is 38.4 Å². The van der Waals surface area contributed by atoms with Gasteiger partial charge in [-0.3, -0.25) is 9.52 Å². The van der Waals surface area contributed by atoms with E-state index >= 15 is 0 Å². The molecule has 6 nitrogen and oxygen atoms in total. The van der Waals surface area contributed by atoms with Crippen molar-refractivity contribution in [2.75, 3.05) is 19.0 Å². The van der Waals surface area contributed by atoms with Crippen molar-refractivity contribution >= 4 is 15.9 Å². The van der Waals surface area contributed by atoms with Gasteiger partial charge in [0.15, 0.2) is 0 Å². The van der Waals surface area contributed by atoms with Crippen LogP contribution in [0.3, 0.4) is 0 Å². The summed E-state index contributed by atoms with van der Waals surface area (Å²) >= 11 is 0. The lowest BCUT2D eigenvalue weighted by molar-refractivity contribution is -0.131. The van der Waals surface area contributed by atoms with Gasteiger partial charge in [-0.15, -0.1) is 0 Å². The second kappa shape index (κ2) is 8.42. The highest BCUT2D eigenvalue weighted by atomic mass is 32.2. The molecular weight excluding hydrogens is 318 g/mol. The Labute approximate surface area is 137 Å². The fourth-order valence-corrected chi connectivity index (χ4v) is 3.37. The molecule has 23 heavy (non-hydrogen) atoms. The van der Waals surface area contributed by atoms with Gasteiger partial charge in [-0.05, 0) is 31.7 Å². The van der Waals surface area contributed by atoms with E-state index in [1.54, 1.807) is 0 Å². The highest BCUT2D eigenvalue weighted by Gasteiger charge is 2.23. The van der Waals surface area contributed by atoms with Gasteiger partial charge in [0.1, 0.15) is 6.10 Å². The molecule has 2 atom stereocenters. The SMILES string of the molecule is C[C@@H](OC[C@@H]1CCCO1)C(=O)NS(=O)(=O)CCc1ccccc1. The van der Waals surface area contributed by atoms with Gasteiger partial charge in [0.2, 0.25) is 10.0 Å². The zero-order valence-corrected chi connectivity index (χ0v) is 14.1. The normalized spacial score (nSPS) is 19.4. The number of hydrogen-bond donors (Lipinski definition) is 1. The molecule has 1 aliphatic rings. The van der Waals surface area contributed by atoms with Crippen molar-refractivity contribution in [3.05, 3.63) is 35.9 Å². The van der Waals surface area contributed by atoms with Crippen LogP contribution in [0.4, 0.5) is 0 Å². The number of carbonyl (C=O) groups excluding carboxylic acids is 1. The van der Waals surface area contributed by atoms with Gasteiger partial charge in [-0.25, -0.2) is 8.42 Å². The number of hydrogen-bond acceptors (Lipinski definition) is 5. The average molecular weight is 341 g/mol. The van der Waals surface area contributed by atoms with Crippen LogP contribution in [0.5, 0.6) is 0 Å². The summed E-state index contributed by atoms with van der Waals surface area (Å²) in [6.45, 7) is 2.55. The van der Waals surface area contributed by atoms with E-state index in [2.05, 4.69) is 4.72 Å². The number of rotatable bonds is 8. The Morgan fingerprint density at radius 2 is 2.13 bits per heavy atom. The molecule has 1 heterocycles. The molecular formula is C16H23NO5S. The molecule has 0 radical (unpaired) electrons. The molecule has 0 unspecified atom stereocenters. The topological polar surface area (TPSA) is 81.7 Å². The molecule has 2 rings (SSSR count). The van der Waals surface area contributed by atoms with Gasteiger partial charge in [0, 0.05) is 6.61 Å². The minimum Gasteiger partial charge on any atom is -0.376 e. The molecule has 0 aromatic heterocycles. The first kappa shape index (κ1) is 17.9. The Morgan fingerprint density at radius 3 is 2.78 bits per heavy atom. The lowest BCUT2D eigenvalue weighted by Crippen LogP contribution is -2.40. The molecule has 1 fully saturated rings. The highest BCUT2D eigenvalue weighted by Crippen LogP contribution is 2.12. The third kappa shape index (κ3) is 6.29. The monoisotopic (exact) mass is 341 g/mol. The molecule has 1 N–H and O–H groups in total. The third-order valence-corrected chi connectivity index (χ3v) is 4.94. The van der Waals surface area contributed by atoms with Crippen LogP contribution in [0.15, 0.2) is 30.3 Å². The summed E-state index contributed by atoms with van der Waals surface area (Å²) in [6, 6.07) is 9.27. The maximum Gasteiger partial charge on any atom is 0.262 e. The Kier molecular flexibility index (Phi) is 6.56. The summed E-state index contributed by atoms with van der Waals surface area (Å²) < 4.78 is 36.8. The molecule has 1 saturated heterocycles. The molecule has 1 amide bonds. The van der Waals surface area contributed by atoms with E-state index < -0.39 is 22.0 Å². The standard InChI is InChI=1S/C16H23NO5S/c1-13(22-12-15-8-5-10-21-15)16(18)17-23(19,20)11-9-14-6-3-2-4-7-14/h2-4,6-7,13,15H,5,8-12H2,1H3,(H,17,18)/t13-,15+/m1/s1. The van der Waals surface area contributed by atoms with Gasteiger partial charge in [0.05, 0.1) is 18.5 Å². The first-order chi connectivity index (χ1) is 11.0. The second-order valence-corrected chi connectivity index (χ2v) is 7.47. The zero-order valence-electron chi connectivity index (χ0n) is 13.2. The van der Waals surface area contributed by atoms with Crippen LogP contribution in [0.1, 0.15) is 25.3 Å². The van der Waals surface area contributed by atoms with E-state index in [0.717, 1.165) is 18.4 Å².